The van der Waals surface area contributed by atoms with Crippen LogP contribution in [0.25, 0.3) is 0 Å². The fraction of sp³-hybridized carbons (Fsp3) is 0.176. The molecule has 4 nitrogen and oxygen atoms in total. The Balaban J connectivity index is 0.00000264. The number of methoxy groups -OCH3 is 1. The zero-order valence-corrected chi connectivity index (χ0v) is 16.2. The van der Waals surface area contributed by atoms with E-state index in [-0.39, 0.29) is 37.4 Å². The van der Waals surface area contributed by atoms with Crippen LogP contribution in [0.15, 0.2) is 36.4 Å². The predicted molar refractivity (Wildman–Crippen MR) is 91.8 cm³/mol. The monoisotopic (exact) mass is 339 g/mol. The van der Waals surface area contributed by atoms with E-state index in [9.17, 15) is 4.79 Å². The summed E-state index contributed by atoms with van der Waals surface area (Å²) in [6.07, 6.45) is -0.174. The van der Waals surface area contributed by atoms with Crippen LogP contribution >= 0.6 is 12.2 Å². The Morgan fingerprint density at radius 2 is 1.91 bits per heavy atom. The molecule has 3 N–H and O–H groups in total. The minimum Gasteiger partial charge on any atom is -1.00 e. The molecule has 0 atom stereocenters. The molecule has 0 heterocycles. The average Bonchev–Trinajstić information content (AvgIpc) is 2.49. The zero-order chi connectivity index (χ0) is 16.3. The Morgan fingerprint density at radius 1 is 1.30 bits per heavy atom. The van der Waals surface area contributed by atoms with Gasteiger partial charge in [0.05, 0.1) is 18.4 Å². The van der Waals surface area contributed by atoms with Gasteiger partial charge >= 0.3 is 35.5 Å². The second-order valence-corrected chi connectivity index (χ2v) is 5.42. The molecule has 0 bridgehead atoms. The van der Waals surface area contributed by atoms with E-state index in [4.69, 9.17) is 27.8 Å². The largest absolute Gasteiger partial charge is 1.00 e. The molecule has 0 amide bonds. The number of aryl methyl sites for hydroxylation is 1. The Morgan fingerprint density at radius 3 is 2.43 bits per heavy atom. The van der Waals surface area contributed by atoms with Crippen molar-refractivity contribution in [3.63, 3.8) is 0 Å². The van der Waals surface area contributed by atoms with Crippen molar-refractivity contribution in [2.75, 3.05) is 12.8 Å². The molecule has 0 spiro atoms. The summed E-state index contributed by atoms with van der Waals surface area (Å²) in [7, 11) is 1.52. The number of carboxylic acid groups (broad SMARTS) is 1. The van der Waals surface area contributed by atoms with E-state index in [0.717, 1.165) is 11.1 Å². The number of hydrogen-bond donors (Lipinski definition) is 2. The van der Waals surface area contributed by atoms with Gasteiger partial charge in [-0.3, -0.25) is 4.79 Å². The van der Waals surface area contributed by atoms with Crippen LogP contribution in [0.2, 0.25) is 0 Å². The van der Waals surface area contributed by atoms with Crippen molar-refractivity contribution in [1.82, 2.24) is 0 Å². The summed E-state index contributed by atoms with van der Waals surface area (Å²) in [4.78, 5) is 11.6. The molecule has 116 valence electrons. The van der Waals surface area contributed by atoms with Gasteiger partial charge in [0.2, 0.25) is 0 Å². The normalized spacial score (nSPS) is 9.83. The van der Waals surface area contributed by atoms with Crippen molar-refractivity contribution < 1.29 is 45.6 Å². The van der Waals surface area contributed by atoms with E-state index in [1.807, 2.05) is 31.2 Å². The summed E-state index contributed by atoms with van der Waals surface area (Å²) in [5, 5.41) is 9.00. The number of carbonyl (C=O) groups is 1. The number of nitrogen functional groups attached to an aromatic ring is 1. The molecule has 0 unspecified atom stereocenters. The molecule has 2 aromatic rings. The number of rotatable bonds is 5. The van der Waals surface area contributed by atoms with Gasteiger partial charge < -0.3 is 17.0 Å². The number of benzene rings is 2. The molecular weight excluding hydrogens is 321 g/mol. The van der Waals surface area contributed by atoms with Crippen LogP contribution in [-0.4, -0.2) is 23.1 Å². The number of anilines is 1. The van der Waals surface area contributed by atoms with Crippen molar-refractivity contribution in [2.45, 2.75) is 13.3 Å². The maximum Gasteiger partial charge on any atom is 1.00 e. The number of hydrogen-bond acceptors (Lipinski definition) is 4. The van der Waals surface area contributed by atoms with Crippen LogP contribution in [0, 0.1) is 6.92 Å². The summed E-state index contributed by atoms with van der Waals surface area (Å²) in [5.41, 5.74) is 9.62. The summed E-state index contributed by atoms with van der Waals surface area (Å²) in [5.74, 6) is -0.415. The van der Waals surface area contributed by atoms with Gasteiger partial charge in [0.1, 0.15) is 5.75 Å². The maximum atomic E-state index is 11.0. The molecule has 2 rings (SSSR count). The molecule has 0 aromatic heterocycles. The number of carboxylic acids is 1. The van der Waals surface area contributed by atoms with Crippen molar-refractivity contribution in [3.05, 3.63) is 58.7 Å². The topological polar surface area (TPSA) is 72.5 Å². The van der Waals surface area contributed by atoms with E-state index in [1.165, 1.54) is 7.11 Å². The average molecular weight is 339 g/mol. The Hall–Kier alpha value is -1.40. The molecule has 0 saturated heterocycles. The quantitative estimate of drug-likeness (QED) is 0.350. The summed E-state index contributed by atoms with van der Waals surface area (Å²) < 4.78 is 5.23. The van der Waals surface area contributed by atoms with Crippen molar-refractivity contribution in [3.8, 4) is 5.75 Å². The second-order valence-electron chi connectivity index (χ2n) is 5.01. The first-order valence-corrected chi connectivity index (χ1v) is 7.12. The molecule has 0 saturated carbocycles. The van der Waals surface area contributed by atoms with Crippen LogP contribution in [0.1, 0.15) is 23.7 Å². The molecule has 23 heavy (non-hydrogen) atoms. The van der Waals surface area contributed by atoms with Crippen LogP contribution < -0.4 is 40.0 Å². The molecule has 0 fully saturated rings. The standard InChI is InChI=1S/C17H17NO3S.Na.H/c1-10-3-5-11(6-4-10)17(22)14-9-13(21-2)7-12(16(14)18)8-15(19)20;;/h3-7,9H,8,18H2,1-2H3,(H,19,20);;/q;+1;-1. The first kappa shape index (κ1) is 19.6. The third kappa shape index (κ3) is 4.78. The van der Waals surface area contributed by atoms with Gasteiger partial charge in [-0.1, -0.05) is 42.0 Å². The summed E-state index contributed by atoms with van der Waals surface area (Å²) >= 11 is 5.52. The van der Waals surface area contributed by atoms with E-state index < -0.39 is 5.97 Å². The molecule has 6 heteroatoms. The van der Waals surface area contributed by atoms with Crippen LogP contribution in [0.5, 0.6) is 5.75 Å². The third-order valence-electron chi connectivity index (χ3n) is 3.37. The SMILES string of the molecule is COc1cc(CC(=O)O)c(N)c(C(=S)c2ccc(C)cc2)c1.[H-].[Na+]. The van der Waals surface area contributed by atoms with Crippen molar-refractivity contribution >= 4 is 28.7 Å². The van der Waals surface area contributed by atoms with E-state index in [0.29, 0.717) is 27.4 Å². The van der Waals surface area contributed by atoms with Gasteiger partial charge in [0.15, 0.2) is 0 Å². The number of nitrogens with two attached hydrogens (primary N) is 1. The van der Waals surface area contributed by atoms with Crippen LogP contribution in [0.3, 0.4) is 0 Å². The van der Waals surface area contributed by atoms with E-state index >= 15 is 0 Å². The van der Waals surface area contributed by atoms with E-state index in [1.54, 1.807) is 12.1 Å². The molecule has 2 aromatic carbocycles. The number of aliphatic carboxylic acids is 1. The van der Waals surface area contributed by atoms with Crippen LogP contribution in [0.4, 0.5) is 5.69 Å². The third-order valence-corrected chi connectivity index (χ3v) is 3.83. The fourth-order valence-electron chi connectivity index (χ4n) is 2.16. The van der Waals surface area contributed by atoms with Gasteiger partial charge in [0, 0.05) is 11.3 Å². The number of thiocarbonyl (C=S) groups is 1. The van der Waals surface area contributed by atoms with E-state index in [2.05, 4.69) is 0 Å². The summed E-state index contributed by atoms with van der Waals surface area (Å²) in [6, 6.07) is 11.2. The van der Waals surface area contributed by atoms with Crippen LogP contribution in [-0.2, 0) is 11.2 Å². The first-order chi connectivity index (χ1) is 10.4. The van der Waals surface area contributed by atoms with Gasteiger partial charge in [-0.2, -0.15) is 0 Å². The second kappa shape index (κ2) is 8.45. The zero-order valence-electron chi connectivity index (χ0n) is 14.4. The number of ether oxygens (including phenoxy) is 1. The molecule has 0 aliphatic carbocycles. The predicted octanol–water partition coefficient (Wildman–Crippen LogP) is 0.0957. The van der Waals surface area contributed by atoms with Crippen molar-refractivity contribution in [2.24, 2.45) is 0 Å². The van der Waals surface area contributed by atoms with Gasteiger partial charge in [-0.15, -0.1) is 0 Å². The molecule has 0 radical (unpaired) electrons. The molecular formula is C17H18NNaO3S. The molecule has 0 aliphatic rings. The van der Waals surface area contributed by atoms with Gasteiger partial charge in [-0.25, -0.2) is 0 Å². The fourth-order valence-corrected chi connectivity index (χ4v) is 2.46. The minimum atomic E-state index is -0.952. The summed E-state index contributed by atoms with van der Waals surface area (Å²) in [6.45, 7) is 2.00. The smallest absolute Gasteiger partial charge is 1.00 e. The van der Waals surface area contributed by atoms with Crippen molar-refractivity contribution in [1.29, 1.82) is 0 Å². The van der Waals surface area contributed by atoms with Gasteiger partial charge in [0.25, 0.3) is 0 Å². The Labute approximate surface area is 164 Å². The maximum absolute atomic E-state index is 11.0. The van der Waals surface area contributed by atoms with Gasteiger partial charge in [-0.05, 0) is 30.2 Å². The minimum absolute atomic E-state index is 0. The Kier molecular flexibility index (Phi) is 7.22. The first-order valence-electron chi connectivity index (χ1n) is 6.72. The molecule has 0 aliphatic heterocycles. The Bertz CT molecular complexity index is 735.